The Morgan fingerprint density at radius 3 is 1.93 bits per heavy atom. The normalized spacial score (nSPS) is 17.5. The molecule has 0 bridgehead atoms. The van der Waals surface area contributed by atoms with Gasteiger partial charge in [-0.3, -0.25) is 4.90 Å². The summed E-state index contributed by atoms with van der Waals surface area (Å²) < 4.78 is 5.82. The number of hydrogen-bond acceptors (Lipinski definition) is 9. The molecule has 1 atom stereocenters. The number of oxime groups is 1. The molecule has 2 aliphatic rings. The van der Waals surface area contributed by atoms with Crippen molar-refractivity contribution in [2.75, 3.05) is 39.3 Å². The van der Waals surface area contributed by atoms with Gasteiger partial charge >= 0.3 is 23.9 Å². The van der Waals surface area contributed by atoms with Gasteiger partial charge in [0.15, 0.2) is 0 Å². The van der Waals surface area contributed by atoms with E-state index >= 15 is 0 Å². The molecule has 3 rings (SSSR count). The average molecular weight is 578 g/mol. The standard InChI is InChI=1S/C20H31N3O2.2C4H4O4/c1-17(21-24)18-7-9-20(10-8-18)25-15-5-4-11-22-13-14-23-12-3-2-6-19(23)16-22;2*5-3(6)1-2-4(7)8/h7-10,19,24H,2-6,11-16H2,1H3;2*1-2H,(H,5,6)(H,7,8). The van der Waals surface area contributed by atoms with Crippen LogP contribution in [0, 0.1) is 0 Å². The first kappa shape index (κ1) is 34.8. The molecule has 13 heteroatoms. The van der Waals surface area contributed by atoms with E-state index in [-0.39, 0.29) is 0 Å². The van der Waals surface area contributed by atoms with Crippen molar-refractivity contribution in [3.8, 4) is 5.75 Å². The number of benzene rings is 1. The fraction of sp³-hybridized carbons (Fsp3) is 0.464. The Hall–Kier alpha value is -4.23. The van der Waals surface area contributed by atoms with E-state index in [0.717, 1.165) is 30.4 Å². The number of carbonyl (C=O) groups is 4. The van der Waals surface area contributed by atoms with Crippen LogP contribution in [0.1, 0.15) is 44.6 Å². The van der Waals surface area contributed by atoms with Gasteiger partial charge in [0.1, 0.15) is 5.75 Å². The number of aliphatic carboxylic acids is 4. The number of fused-ring (bicyclic) bond motifs is 1. The second-order valence-corrected chi connectivity index (χ2v) is 9.27. The van der Waals surface area contributed by atoms with Gasteiger partial charge in [-0.15, -0.1) is 0 Å². The Bertz CT molecular complexity index is 1000. The summed E-state index contributed by atoms with van der Waals surface area (Å²) in [6.45, 7) is 8.79. The number of piperidine rings is 1. The van der Waals surface area contributed by atoms with Crippen molar-refractivity contribution in [3.63, 3.8) is 0 Å². The lowest BCUT2D eigenvalue weighted by Gasteiger charge is -2.44. The van der Waals surface area contributed by atoms with Crippen molar-refractivity contribution in [3.05, 3.63) is 54.1 Å². The van der Waals surface area contributed by atoms with Gasteiger partial charge in [-0.05, 0) is 75.5 Å². The maximum Gasteiger partial charge on any atom is 0.328 e. The molecule has 0 radical (unpaired) electrons. The van der Waals surface area contributed by atoms with Gasteiger partial charge in [-0.1, -0.05) is 11.6 Å². The van der Waals surface area contributed by atoms with Crippen LogP contribution in [0.3, 0.4) is 0 Å². The third-order valence-electron chi connectivity index (χ3n) is 6.22. The number of piperazine rings is 1. The molecule has 1 unspecified atom stereocenters. The maximum absolute atomic E-state index is 9.55. The molecule has 0 aliphatic carbocycles. The molecule has 2 heterocycles. The van der Waals surface area contributed by atoms with E-state index in [1.807, 2.05) is 24.3 Å². The summed E-state index contributed by atoms with van der Waals surface area (Å²) in [6, 6.07) is 8.53. The Labute approximate surface area is 238 Å². The number of rotatable bonds is 11. The molecular formula is C28H39N3O10. The molecule has 5 N–H and O–H groups in total. The molecule has 0 spiro atoms. The summed E-state index contributed by atoms with van der Waals surface area (Å²) in [6.07, 6.45) is 8.70. The first-order valence-corrected chi connectivity index (χ1v) is 13.2. The lowest BCUT2D eigenvalue weighted by atomic mass is 9.99. The fourth-order valence-electron chi connectivity index (χ4n) is 4.19. The van der Waals surface area contributed by atoms with Crippen LogP contribution in [0.25, 0.3) is 0 Å². The molecule has 41 heavy (non-hydrogen) atoms. The molecule has 2 aliphatic heterocycles. The zero-order valence-electron chi connectivity index (χ0n) is 23.1. The number of carboxylic acid groups (broad SMARTS) is 4. The summed E-state index contributed by atoms with van der Waals surface area (Å²) in [5.41, 5.74) is 1.53. The van der Waals surface area contributed by atoms with Crippen molar-refractivity contribution >= 4 is 29.6 Å². The predicted molar refractivity (Wildman–Crippen MR) is 150 cm³/mol. The molecular weight excluding hydrogens is 538 g/mol. The minimum absolute atomic E-state index is 0.558. The summed E-state index contributed by atoms with van der Waals surface area (Å²) >= 11 is 0. The predicted octanol–water partition coefficient (Wildman–Crippen LogP) is 2.64. The van der Waals surface area contributed by atoms with E-state index in [0.29, 0.717) is 30.0 Å². The van der Waals surface area contributed by atoms with Gasteiger partial charge in [0.05, 0.1) is 12.3 Å². The third kappa shape index (κ3) is 16.5. The molecule has 13 nitrogen and oxygen atoms in total. The van der Waals surface area contributed by atoms with Gasteiger partial charge in [0.25, 0.3) is 0 Å². The van der Waals surface area contributed by atoms with Crippen LogP contribution in [0.15, 0.2) is 53.7 Å². The minimum atomic E-state index is -1.26. The smallest absolute Gasteiger partial charge is 0.328 e. The molecule has 0 saturated carbocycles. The molecule has 0 amide bonds. The molecule has 2 saturated heterocycles. The van der Waals surface area contributed by atoms with E-state index in [4.69, 9.17) is 30.4 Å². The zero-order valence-corrected chi connectivity index (χ0v) is 23.1. The zero-order chi connectivity index (χ0) is 30.6. The van der Waals surface area contributed by atoms with Gasteiger partial charge in [-0.25, -0.2) is 19.2 Å². The van der Waals surface area contributed by atoms with Crippen molar-refractivity contribution in [1.82, 2.24) is 9.80 Å². The van der Waals surface area contributed by atoms with E-state index in [1.165, 1.54) is 58.4 Å². The van der Waals surface area contributed by atoms with Gasteiger partial charge in [0.2, 0.25) is 0 Å². The highest BCUT2D eigenvalue weighted by molar-refractivity contribution is 5.98. The Morgan fingerprint density at radius 1 is 0.854 bits per heavy atom. The highest BCUT2D eigenvalue weighted by Crippen LogP contribution is 2.21. The SMILES string of the molecule is CC(=NO)c1ccc(OCCCCN2CCN3CCCCC3C2)cc1.O=C(O)C=CC(=O)O.O=C(O)C=CC(=O)O. The van der Waals surface area contributed by atoms with Crippen LogP contribution in [0.5, 0.6) is 5.75 Å². The van der Waals surface area contributed by atoms with Crippen molar-refractivity contribution in [2.45, 2.75) is 45.1 Å². The Morgan fingerprint density at radius 2 is 1.41 bits per heavy atom. The number of nitrogens with zero attached hydrogens (tertiary/aromatic N) is 3. The molecule has 226 valence electrons. The van der Waals surface area contributed by atoms with Gasteiger partial charge in [-0.2, -0.15) is 0 Å². The summed E-state index contributed by atoms with van der Waals surface area (Å²) in [5, 5.41) is 43.2. The van der Waals surface area contributed by atoms with Crippen LogP contribution >= 0.6 is 0 Å². The summed E-state index contributed by atoms with van der Waals surface area (Å²) in [5.74, 6) is -4.15. The first-order chi connectivity index (χ1) is 19.5. The number of unbranched alkanes of at least 4 members (excludes halogenated alkanes) is 1. The highest BCUT2D eigenvalue weighted by Gasteiger charge is 2.28. The quantitative estimate of drug-likeness (QED) is 0.0848. The van der Waals surface area contributed by atoms with E-state index in [2.05, 4.69) is 15.0 Å². The number of carboxylic acids is 4. The highest BCUT2D eigenvalue weighted by atomic mass is 16.5. The average Bonchev–Trinajstić information content (AvgIpc) is 2.95. The van der Waals surface area contributed by atoms with Gasteiger partial charge in [0, 0.05) is 50.0 Å². The van der Waals surface area contributed by atoms with Gasteiger partial charge < -0.3 is 35.3 Å². The van der Waals surface area contributed by atoms with E-state index in [1.54, 1.807) is 6.92 Å². The Kier molecular flexibility index (Phi) is 16.8. The monoisotopic (exact) mass is 577 g/mol. The molecule has 1 aromatic carbocycles. The number of ether oxygens (including phenoxy) is 1. The summed E-state index contributed by atoms with van der Waals surface area (Å²) in [7, 11) is 0. The van der Waals surface area contributed by atoms with Crippen LogP contribution in [0.2, 0.25) is 0 Å². The van der Waals surface area contributed by atoms with Crippen LogP contribution in [-0.2, 0) is 19.2 Å². The molecule has 0 aromatic heterocycles. The second kappa shape index (κ2) is 19.8. The lowest BCUT2D eigenvalue weighted by Crippen LogP contribution is -2.54. The van der Waals surface area contributed by atoms with E-state index < -0.39 is 23.9 Å². The van der Waals surface area contributed by atoms with Crippen LogP contribution in [0.4, 0.5) is 0 Å². The number of hydrogen-bond donors (Lipinski definition) is 5. The molecule has 1 aromatic rings. The van der Waals surface area contributed by atoms with E-state index in [9.17, 15) is 19.2 Å². The lowest BCUT2D eigenvalue weighted by molar-refractivity contribution is -0.134. The third-order valence-corrected chi connectivity index (χ3v) is 6.22. The molecule has 2 fully saturated rings. The summed E-state index contributed by atoms with van der Waals surface area (Å²) in [4.78, 5) is 43.5. The minimum Gasteiger partial charge on any atom is -0.494 e. The largest absolute Gasteiger partial charge is 0.494 e. The van der Waals surface area contributed by atoms with Crippen LogP contribution < -0.4 is 4.74 Å². The van der Waals surface area contributed by atoms with Crippen molar-refractivity contribution in [1.29, 1.82) is 0 Å². The maximum atomic E-state index is 9.55. The Balaban J connectivity index is 0.000000433. The fourth-order valence-corrected chi connectivity index (χ4v) is 4.19. The first-order valence-electron chi connectivity index (χ1n) is 13.2. The van der Waals surface area contributed by atoms with Crippen molar-refractivity contribution < 1.29 is 49.5 Å². The topological polar surface area (TPSA) is 198 Å². The van der Waals surface area contributed by atoms with Crippen molar-refractivity contribution in [2.24, 2.45) is 5.16 Å². The second-order valence-electron chi connectivity index (χ2n) is 9.27. The van der Waals surface area contributed by atoms with Crippen LogP contribution in [-0.4, -0.2) is 110 Å².